The van der Waals surface area contributed by atoms with E-state index in [9.17, 15) is 9.90 Å². The molecule has 102 valence electrons. The van der Waals surface area contributed by atoms with E-state index in [0.717, 1.165) is 5.39 Å². The van der Waals surface area contributed by atoms with Gasteiger partial charge in [-0.2, -0.15) is 0 Å². The Morgan fingerprint density at radius 3 is 2.65 bits per heavy atom. The van der Waals surface area contributed by atoms with Crippen LogP contribution in [0.1, 0.15) is 18.1 Å². The highest BCUT2D eigenvalue weighted by molar-refractivity contribution is 5.82. The maximum absolute atomic E-state index is 11.9. The Bertz CT molecular complexity index is 806. The van der Waals surface area contributed by atoms with Gasteiger partial charge in [-0.1, -0.05) is 25.1 Å². The van der Waals surface area contributed by atoms with Crippen LogP contribution in [-0.2, 0) is 6.42 Å². The van der Waals surface area contributed by atoms with Gasteiger partial charge in [-0.3, -0.25) is 0 Å². The van der Waals surface area contributed by atoms with E-state index in [2.05, 4.69) is 0 Å². The molecule has 20 heavy (non-hydrogen) atoms. The van der Waals surface area contributed by atoms with Gasteiger partial charge >= 0.3 is 5.63 Å². The van der Waals surface area contributed by atoms with Crippen molar-refractivity contribution in [2.75, 3.05) is 0 Å². The van der Waals surface area contributed by atoms with Crippen LogP contribution in [0.15, 0.2) is 44.0 Å². The molecule has 1 aromatic carbocycles. The van der Waals surface area contributed by atoms with E-state index >= 15 is 0 Å². The van der Waals surface area contributed by atoms with Gasteiger partial charge in [0.2, 0.25) is 0 Å². The highest BCUT2D eigenvalue weighted by atomic mass is 16.4. The SMILES string of the molecule is CCc1c(O)c(C)c(-c2cc3ccccc3o2)oc1=O. The molecule has 0 aliphatic rings. The van der Waals surface area contributed by atoms with Crippen molar-refractivity contribution in [3.8, 4) is 17.3 Å². The van der Waals surface area contributed by atoms with Crippen molar-refractivity contribution in [1.29, 1.82) is 0 Å². The van der Waals surface area contributed by atoms with Gasteiger partial charge in [0.15, 0.2) is 11.5 Å². The molecule has 0 atom stereocenters. The van der Waals surface area contributed by atoms with Crippen LogP contribution in [0.5, 0.6) is 5.75 Å². The quantitative estimate of drug-likeness (QED) is 0.772. The zero-order chi connectivity index (χ0) is 14.3. The molecule has 0 spiro atoms. The maximum Gasteiger partial charge on any atom is 0.343 e. The molecule has 0 radical (unpaired) electrons. The van der Waals surface area contributed by atoms with Gasteiger partial charge in [0.25, 0.3) is 0 Å². The van der Waals surface area contributed by atoms with Gasteiger partial charge in [-0.05, 0) is 25.5 Å². The number of hydrogen-bond donors (Lipinski definition) is 1. The minimum absolute atomic E-state index is 0.0146. The minimum Gasteiger partial charge on any atom is -0.507 e. The van der Waals surface area contributed by atoms with Gasteiger partial charge in [0, 0.05) is 10.9 Å². The number of benzene rings is 1. The first-order chi connectivity index (χ1) is 9.61. The summed E-state index contributed by atoms with van der Waals surface area (Å²) in [6.07, 6.45) is 0.426. The molecule has 2 aromatic heterocycles. The average molecular weight is 270 g/mol. The van der Waals surface area contributed by atoms with E-state index in [-0.39, 0.29) is 11.5 Å². The van der Waals surface area contributed by atoms with E-state index in [1.807, 2.05) is 24.3 Å². The monoisotopic (exact) mass is 270 g/mol. The number of hydrogen-bond acceptors (Lipinski definition) is 4. The van der Waals surface area contributed by atoms with Crippen molar-refractivity contribution in [3.63, 3.8) is 0 Å². The summed E-state index contributed by atoms with van der Waals surface area (Å²) in [4.78, 5) is 11.9. The van der Waals surface area contributed by atoms with Crippen LogP contribution in [0.2, 0.25) is 0 Å². The normalized spacial score (nSPS) is 11.1. The molecule has 0 unspecified atom stereocenters. The predicted octanol–water partition coefficient (Wildman–Crippen LogP) is 3.63. The minimum atomic E-state index is -0.522. The smallest absolute Gasteiger partial charge is 0.343 e. The highest BCUT2D eigenvalue weighted by Gasteiger charge is 2.19. The summed E-state index contributed by atoms with van der Waals surface area (Å²) < 4.78 is 11.0. The lowest BCUT2D eigenvalue weighted by Crippen LogP contribution is -2.08. The lowest BCUT2D eigenvalue weighted by molar-refractivity contribution is 0.430. The van der Waals surface area contributed by atoms with Crippen LogP contribution in [0.4, 0.5) is 0 Å². The largest absolute Gasteiger partial charge is 0.507 e. The Balaban J connectivity index is 2.26. The third kappa shape index (κ3) is 1.81. The zero-order valence-corrected chi connectivity index (χ0v) is 11.3. The van der Waals surface area contributed by atoms with Gasteiger partial charge in [0.1, 0.15) is 11.3 Å². The first kappa shape index (κ1) is 12.5. The van der Waals surface area contributed by atoms with Gasteiger partial charge in [0.05, 0.1) is 5.56 Å². The van der Waals surface area contributed by atoms with Crippen LogP contribution in [0, 0.1) is 6.92 Å². The Morgan fingerprint density at radius 2 is 1.95 bits per heavy atom. The molecule has 4 heteroatoms. The van der Waals surface area contributed by atoms with Crippen molar-refractivity contribution in [3.05, 3.63) is 51.9 Å². The second kappa shape index (κ2) is 4.56. The van der Waals surface area contributed by atoms with Crippen molar-refractivity contribution in [1.82, 2.24) is 0 Å². The van der Waals surface area contributed by atoms with Crippen LogP contribution in [-0.4, -0.2) is 5.11 Å². The number of furan rings is 1. The summed E-state index contributed by atoms with van der Waals surface area (Å²) in [6, 6.07) is 9.33. The molecule has 2 heterocycles. The zero-order valence-electron chi connectivity index (χ0n) is 11.3. The molecule has 3 aromatic rings. The average Bonchev–Trinajstić information content (AvgIpc) is 2.87. The van der Waals surface area contributed by atoms with Crippen LogP contribution in [0.3, 0.4) is 0 Å². The lowest BCUT2D eigenvalue weighted by Gasteiger charge is -2.06. The van der Waals surface area contributed by atoms with Gasteiger partial charge in [-0.25, -0.2) is 4.79 Å². The summed E-state index contributed by atoms with van der Waals surface area (Å²) in [6.45, 7) is 3.51. The summed E-state index contributed by atoms with van der Waals surface area (Å²) >= 11 is 0. The second-order valence-electron chi connectivity index (χ2n) is 4.67. The predicted molar refractivity (Wildman–Crippen MR) is 76.0 cm³/mol. The Kier molecular flexibility index (Phi) is 2.86. The fourth-order valence-electron chi connectivity index (χ4n) is 2.30. The van der Waals surface area contributed by atoms with E-state index in [0.29, 0.717) is 28.9 Å². The molecule has 0 aliphatic carbocycles. The topological polar surface area (TPSA) is 63.6 Å². The fourth-order valence-corrected chi connectivity index (χ4v) is 2.30. The Hall–Kier alpha value is -2.49. The van der Waals surface area contributed by atoms with E-state index in [1.54, 1.807) is 19.9 Å². The molecule has 4 nitrogen and oxygen atoms in total. The first-order valence-corrected chi connectivity index (χ1v) is 6.46. The summed E-state index contributed by atoms with van der Waals surface area (Å²) in [5.74, 6) is 0.707. The molecule has 0 saturated heterocycles. The first-order valence-electron chi connectivity index (χ1n) is 6.46. The number of rotatable bonds is 2. The standard InChI is InChI=1S/C16H14O4/c1-3-11-14(17)9(2)15(20-16(11)18)13-8-10-6-4-5-7-12(10)19-13/h4-8,17H,3H2,1-2H3. The Morgan fingerprint density at radius 1 is 1.20 bits per heavy atom. The Labute approximate surface area is 115 Å². The highest BCUT2D eigenvalue weighted by Crippen LogP contribution is 2.33. The molecular weight excluding hydrogens is 256 g/mol. The molecule has 1 N–H and O–H groups in total. The molecular formula is C16H14O4. The van der Waals surface area contributed by atoms with Crippen LogP contribution in [0.25, 0.3) is 22.5 Å². The molecule has 3 rings (SSSR count). The summed E-state index contributed by atoms with van der Waals surface area (Å²) in [5, 5.41) is 11.0. The third-order valence-electron chi connectivity index (χ3n) is 3.43. The second-order valence-corrected chi connectivity index (χ2v) is 4.67. The van der Waals surface area contributed by atoms with Gasteiger partial charge in [-0.15, -0.1) is 0 Å². The molecule has 0 bridgehead atoms. The third-order valence-corrected chi connectivity index (χ3v) is 3.43. The molecule has 0 amide bonds. The van der Waals surface area contributed by atoms with Crippen LogP contribution < -0.4 is 5.63 Å². The lowest BCUT2D eigenvalue weighted by atomic mass is 10.1. The van der Waals surface area contributed by atoms with E-state index in [1.165, 1.54) is 0 Å². The van der Waals surface area contributed by atoms with Crippen LogP contribution >= 0.6 is 0 Å². The number of aromatic hydroxyl groups is 1. The number of para-hydroxylation sites is 1. The van der Waals surface area contributed by atoms with Crippen molar-refractivity contribution < 1.29 is 13.9 Å². The van der Waals surface area contributed by atoms with Gasteiger partial charge < -0.3 is 13.9 Å². The summed E-state index contributed by atoms with van der Waals surface area (Å²) in [5.41, 5.74) is 0.998. The molecule has 0 fully saturated rings. The van der Waals surface area contributed by atoms with E-state index in [4.69, 9.17) is 8.83 Å². The summed E-state index contributed by atoms with van der Waals surface area (Å²) in [7, 11) is 0. The fraction of sp³-hybridized carbons (Fsp3) is 0.188. The van der Waals surface area contributed by atoms with Crippen molar-refractivity contribution in [2.24, 2.45) is 0 Å². The van der Waals surface area contributed by atoms with E-state index < -0.39 is 5.63 Å². The molecule has 0 aliphatic heterocycles. The molecule has 0 saturated carbocycles. The van der Waals surface area contributed by atoms with Crippen molar-refractivity contribution >= 4 is 11.0 Å². The van der Waals surface area contributed by atoms with Crippen molar-refractivity contribution in [2.45, 2.75) is 20.3 Å². The maximum atomic E-state index is 11.9. The number of fused-ring (bicyclic) bond motifs is 1.